The normalized spacial score (nSPS) is 38.2. The minimum Gasteiger partial charge on any atom is -0.393 e. The van der Waals surface area contributed by atoms with Crippen LogP contribution in [0.4, 0.5) is 8.78 Å². The van der Waals surface area contributed by atoms with Gasteiger partial charge in [-0.2, -0.15) is 0 Å². The highest BCUT2D eigenvalue weighted by Crippen LogP contribution is 2.38. The maximum atomic E-state index is 12.9. The molecular weight excluding hydrogens is 164 g/mol. The van der Waals surface area contributed by atoms with Gasteiger partial charge in [0, 0.05) is 6.92 Å². The van der Waals surface area contributed by atoms with Crippen LogP contribution >= 0.6 is 0 Å². The van der Waals surface area contributed by atoms with E-state index >= 15 is 0 Å². The van der Waals surface area contributed by atoms with E-state index in [0.717, 1.165) is 6.92 Å². The Morgan fingerprint density at radius 1 is 1.42 bits per heavy atom. The van der Waals surface area contributed by atoms with Gasteiger partial charge in [-0.15, -0.1) is 0 Å². The maximum absolute atomic E-state index is 12.9. The third-order valence-corrected chi connectivity index (χ3v) is 2.72. The van der Waals surface area contributed by atoms with Crippen LogP contribution in [0.5, 0.6) is 0 Å². The van der Waals surface area contributed by atoms with Gasteiger partial charge in [-0.1, -0.05) is 0 Å². The molecule has 0 aliphatic heterocycles. The van der Waals surface area contributed by atoms with Crippen LogP contribution in [-0.2, 0) is 0 Å². The molecule has 4 heteroatoms. The molecule has 0 heterocycles. The fourth-order valence-electron chi connectivity index (χ4n) is 1.56. The van der Waals surface area contributed by atoms with E-state index < -0.39 is 17.6 Å². The lowest BCUT2D eigenvalue weighted by atomic mass is 9.77. The molecule has 1 aliphatic rings. The second-order valence-electron chi connectivity index (χ2n) is 3.78. The highest BCUT2D eigenvalue weighted by molar-refractivity contribution is 4.98. The molecule has 0 bridgehead atoms. The Bertz CT molecular complexity index is 159. The molecule has 1 fully saturated rings. The Labute approximate surface area is 70.8 Å². The summed E-state index contributed by atoms with van der Waals surface area (Å²) >= 11 is 0. The fourth-order valence-corrected chi connectivity index (χ4v) is 1.56. The van der Waals surface area contributed by atoms with Crippen molar-refractivity contribution in [2.75, 3.05) is 0 Å². The third kappa shape index (κ3) is 1.75. The van der Waals surface area contributed by atoms with Gasteiger partial charge in [-0.05, 0) is 25.7 Å². The van der Waals surface area contributed by atoms with Crippen molar-refractivity contribution < 1.29 is 13.9 Å². The lowest BCUT2D eigenvalue weighted by molar-refractivity contribution is -0.0833. The first-order valence-corrected chi connectivity index (χ1v) is 4.20. The van der Waals surface area contributed by atoms with Crippen molar-refractivity contribution in [2.24, 2.45) is 5.73 Å². The average Bonchev–Trinajstić information content (AvgIpc) is 1.93. The summed E-state index contributed by atoms with van der Waals surface area (Å²) in [5.41, 5.74) is 4.14. The summed E-state index contributed by atoms with van der Waals surface area (Å²) in [5, 5.41) is 9.11. The van der Waals surface area contributed by atoms with E-state index in [1.807, 2.05) is 0 Å². The molecule has 0 radical (unpaired) electrons. The van der Waals surface area contributed by atoms with E-state index in [9.17, 15) is 8.78 Å². The highest BCUT2D eigenvalue weighted by Gasteiger charge is 2.48. The molecule has 0 spiro atoms. The van der Waals surface area contributed by atoms with Crippen molar-refractivity contribution in [3.63, 3.8) is 0 Å². The van der Waals surface area contributed by atoms with Crippen molar-refractivity contribution in [3.05, 3.63) is 0 Å². The zero-order valence-electron chi connectivity index (χ0n) is 7.19. The summed E-state index contributed by atoms with van der Waals surface area (Å²) in [6.07, 6.45) is 0.749. The van der Waals surface area contributed by atoms with Crippen LogP contribution in [0.25, 0.3) is 0 Å². The van der Waals surface area contributed by atoms with E-state index in [4.69, 9.17) is 10.8 Å². The first-order chi connectivity index (χ1) is 5.35. The number of nitrogens with two attached hydrogens (primary N) is 1. The Balaban J connectivity index is 2.62. The van der Waals surface area contributed by atoms with Gasteiger partial charge in [0.15, 0.2) is 0 Å². The molecule has 3 N–H and O–H groups in total. The predicted octanol–water partition coefficient (Wildman–Crippen LogP) is 1.27. The summed E-state index contributed by atoms with van der Waals surface area (Å²) < 4.78 is 25.8. The highest BCUT2D eigenvalue weighted by atomic mass is 19.3. The lowest BCUT2D eigenvalue weighted by Gasteiger charge is -2.39. The molecule has 0 amide bonds. The van der Waals surface area contributed by atoms with E-state index in [2.05, 4.69) is 0 Å². The molecule has 1 saturated carbocycles. The van der Waals surface area contributed by atoms with Gasteiger partial charge in [0.05, 0.1) is 11.6 Å². The molecule has 1 rings (SSSR count). The molecule has 0 aromatic heterocycles. The minimum atomic E-state index is -2.84. The standard InChI is InChI=1S/C8H15F2NO/c1-7(9,10)8(11)4-2-6(12)3-5-8/h6,12H,2-5,11H2,1H3. The molecule has 0 saturated heterocycles. The van der Waals surface area contributed by atoms with Crippen molar-refractivity contribution in [1.29, 1.82) is 0 Å². The van der Waals surface area contributed by atoms with Gasteiger partial charge in [0.25, 0.3) is 5.92 Å². The second-order valence-corrected chi connectivity index (χ2v) is 3.78. The van der Waals surface area contributed by atoms with E-state index in [0.29, 0.717) is 12.8 Å². The Morgan fingerprint density at radius 3 is 2.17 bits per heavy atom. The number of aliphatic hydroxyl groups is 1. The summed E-state index contributed by atoms with van der Waals surface area (Å²) in [7, 11) is 0. The maximum Gasteiger partial charge on any atom is 0.262 e. The molecule has 0 unspecified atom stereocenters. The number of hydrogen-bond donors (Lipinski definition) is 2. The van der Waals surface area contributed by atoms with Crippen LogP contribution in [0, 0.1) is 0 Å². The number of halogens is 2. The topological polar surface area (TPSA) is 46.2 Å². The number of alkyl halides is 2. The molecule has 1 aliphatic carbocycles. The van der Waals surface area contributed by atoms with E-state index in [1.165, 1.54) is 0 Å². The van der Waals surface area contributed by atoms with Crippen LogP contribution in [0.2, 0.25) is 0 Å². The van der Waals surface area contributed by atoms with Crippen molar-refractivity contribution in [1.82, 2.24) is 0 Å². The van der Waals surface area contributed by atoms with Crippen LogP contribution in [0.3, 0.4) is 0 Å². The van der Waals surface area contributed by atoms with Crippen LogP contribution in [-0.4, -0.2) is 22.7 Å². The average molecular weight is 179 g/mol. The Morgan fingerprint density at radius 2 is 1.83 bits per heavy atom. The van der Waals surface area contributed by atoms with Crippen molar-refractivity contribution in [3.8, 4) is 0 Å². The monoisotopic (exact) mass is 179 g/mol. The first kappa shape index (κ1) is 9.86. The Hall–Kier alpha value is -0.220. The summed E-state index contributed by atoms with van der Waals surface area (Å²) in [6, 6.07) is 0. The molecule has 0 aromatic rings. The number of aliphatic hydroxyl groups excluding tert-OH is 1. The molecule has 0 atom stereocenters. The summed E-state index contributed by atoms with van der Waals surface area (Å²) in [6.45, 7) is 0.852. The van der Waals surface area contributed by atoms with Crippen LogP contribution in [0.15, 0.2) is 0 Å². The Kier molecular flexibility index (Phi) is 2.40. The fraction of sp³-hybridized carbons (Fsp3) is 1.00. The van der Waals surface area contributed by atoms with Gasteiger partial charge >= 0.3 is 0 Å². The van der Waals surface area contributed by atoms with Crippen molar-refractivity contribution >= 4 is 0 Å². The molecule has 12 heavy (non-hydrogen) atoms. The second kappa shape index (κ2) is 2.92. The van der Waals surface area contributed by atoms with Gasteiger partial charge in [0.2, 0.25) is 0 Å². The summed E-state index contributed by atoms with van der Waals surface area (Å²) in [5.74, 6) is -2.84. The SMILES string of the molecule is CC(F)(F)C1(N)CCC(O)CC1. The van der Waals surface area contributed by atoms with E-state index in [-0.39, 0.29) is 12.8 Å². The van der Waals surface area contributed by atoms with Crippen LogP contribution in [0.1, 0.15) is 32.6 Å². The summed E-state index contributed by atoms with van der Waals surface area (Å²) in [4.78, 5) is 0. The van der Waals surface area contributed by atoms with Crippen LogP contribution < -0.4 is 5.73 Å². The minimum absolute atomic E-state index is 0.206. The molecule has 2 nitrogen and oxygen atoms in total. The van der Waals surface area contributed by atoms with E-state index in [1.54, 1.807) is 0 Å². The number of hydrogen-bond acceptors (Lipinski definition) is 2. The van der Waals surface area contributed by atoms with Gasteiger partial charge in [-0.3, -0.25) is 0 Å². The third-order valence-electron chi connectivity index (χ3n) is 2.72. The first-order valence-electron chi connectivity index (χ1n) is 4.20. The quantitative estimate of drug-likeness (QED) is 0.636. The molecule has 72 valence electrons. The molecule has 0 aromatic carbocycles. The van der Waals surface area contributed by atoms with Gasteiger partial charge in [0.1, 0.15) is 0 Å². The predicted molar refractivity (Wildman–Crippen MR) is 42.0 cm³/mol. The zero-order valence-corrected chi connectivity index (χ0v) is 7.19. The lowest BCUT2D eigenvalue weighted by Crippen LogP contribution is -2.56. The smallest absolute Gasteiger partial charge is 0.262 e. The molecular formula is C8H15F2NO. The van der Waals surface area contributed by atoms with Gasteiger partial charge < -0.3 is 10.8 Å². The van der Waals surface area contributed by atoms with Crippen molar-refractivity contribution in [2.45, 2.75) is 50.2 Å². The largest absolute Gasteiger partial charge is 0.393 e. The van der Waals surface area contributed by atoms with Gasteiger partial charge in [-0.25, -0.2) is 8.78 Å². The zero-order chi connectivity index (χ0) is 9.41. The number of rotatable bonds is 1.